The van der Waals surface area contributed by atoms with E-state index in [1.165, 1.54) is 64.2 Å². The van der Waals surface area contributed by atoms with Gasteiger partial charge in [-0.3, -0.25) is 0 Å². The van der Waals surface area contributed by atoms with E-state index in [9.17, 15) is 0 Å². The normalized spacial score (nSPS) is 51.0. The van der Waals surface area contributed by atoms with E-state index in [-0.39, 0.29) is 0 Å². The Bertz CT molecular complexity index is 523. The molecule has 0 aromatic carbocycles. The van der Waals surface area contributed by atoms with Crippen LogP contribution in [0.2, 0.25) is 0 Å². The molecule has 0 saturated heterocycles. The molecule has 0 aromatic heterocycles. The Hall–Kier alpha value is 1.12. The maximum Gasteiger partial charge on any atom is 0.0793 e. The van der Waals surface area contributed by atoms with Crippen LogP contribution in [0.15, 0.2) is 0 Å². The largest absolute Gasteiger partial charge is 0.351 e. The summed E-state index contributed by atoms with van der Waals surface area (Å²) in [5.41, 5.74) is 1.17. The van der Waals surface area contributed by atoms with Crippen LogP contribution < -0.4 is 0 Å². The molecule has 4 saturated carbocycles. The average Bonchev–Trinajstić information content (AvgIpc) is 3.03. The van der Waals surface area contributed by atoms with Crippen molar-refractivity contribution >= 4 is 28.5 Å². The van der Waals surface area contributed by atoms with Gasteiger partial charge in [-0.15, -0.1) is 0 Å². The van der Waals surface area contributed by atoms with E-state index in [0.717, 1.165) is 48.0 Å². The van der Waals surface area contributed by atoms with Gasteiger partial charge < -0.3 is 4.52 Å². The van der Waals surface area contributed by atoms with Gasteiger partial charge in [0.05, 0.1) is 13.1 Å². The third-order valence-electron chi connectivity index (χ3n) is 10.4. The molecule has 0 heterocycles. The number of rotatable bonds is 5. The summed E-state index contributed by atoms with van der Waals surface area (Å²) in [6, 6.07) is 0. The maximum atomic E-state index is 6.25. The van der Waals surface area contributed by atoms with Crippen LogP contribution in [0.3, 0.4) is 0 Å². The van der Waals surface area contributed by atoms with Gasteiger partial charge >= 0.3 is 0 Å². The zero-order valence-corrected chi connectivity index (χ0v) is 21.3. The molecular formula is C24H42IOP. The fourth-order valence-electron chi connectivity index (χ4n) is 8.97. The second-order valence-corrected chi connectivity index (χ2v) is 13.0. The zero-order chi connectivity index (χ0) is 19.2. The monoisotopic (exact) mass is 504 g/mol. The fourth-order valence-corrected chi connectivity index (χ4v) is 9.76. The summed E-state index contributed by atoms with van der Waals surface area (Å²) in [5, 5.41) is 0. The minimum absolute atomic E-state index is 0.531. The van der Waals surface area contributed by atoms with Crippen LogP contribution in [-0.4, -0.2) is 6.61 Å². The van der Waals surface area contributed by atoms with E-state index in [4.69, 9.17) is 4.52 Å². The summed E-state index contributed by atoms with van der Waals surface area (Å²) in [4.78, 5) is 0. The molecule has 0 aromatic rings. The van der Waals surface area contributed by atoms with Crippen molar-refractivity contribution < 1.29 is 4.52 Å². The van der Waals surface area contributed by atoms with Gasteiger partial charge in [-0.25, -0.2) is 0 Å². The molecule has 4 fully saturated rings. The van der Waals surface area contributed by atoms with Crippen LogP contribution in [-0.2, 0) is 4.52 Å². The molecule has 3 heteroatoms. The average molecular weight is 504 g/mol. The van der Waals surface area contributed by atoms with Crippen LogP contribution in [0.5, 0.6) is 0 Å². The van der Waals surface area contributed by atoms with Crippen LogP contribution in [0, 0.1) is 52.3 Å². The van der Waals surface area contributed by atoms with Gasteiger partial charge in [0.15, 0.2) is 0 Å². The van der Waals surface area contributed by atoms with Crippen molar-refractivity contribution in [1.29, 1.82) is 0 Å². The molecule has 10 atom stereocenters. The van der Waals surface area contributed by atoms with Gasteiger partial charge in [0, 0.05) is 5.41 Å². The molecule has 1 nitrogen and oxygen atoms in total. The first-order chi connectivity index (χ1) is 13.0. The first kappa shape index (κ1) is 21.4. The van der Waals surface area contributed by atoms with Crippen molar-refractivity contribution in [3.05, 3.63) is 0 Å². The molecule has 4 rings (SSSR count). The van der Waals surface area contributed by atoms with E-state index in [0.29, 0.717) is 17.3 Å². The minimum Gasteiger partial charge on any atom is -0.351 e. The lowest BCUT2D eigenvalue weighted by Gasteiger charge is -2.62. The van der Waals surface area contributed by atoms with Crippen molar-refractivity contribution in [2.75, 3.05) is 6.61 Å². The molecule has 4 aliphatic carbocycles. The summed E-state index contributed by atoms with van der Waals surface area (Å²) in [5.74, 6) is 6.77. The lowest BCUT2D eigenvalue weighted by atomic mass is 9.43. The summed E-state index contributed by atoms with van der Waals surface area (Å²) < 4.78 is 6.25. The number of fused-ring (bicyclic) bond motifs is 5. The molecular weight excluding hydrogens is 462 g/mol. The van der Waals surface area contributed by atoms with E-state index >= 15 is 0 Å². The highest BCUT2D eigenvalue weighted by Gasteiger charge is 2.61. The molecule has 27 heavy (non-hydrogen) atoms. The minimum atomic E-state index is 0.531. The summed E-state index contributed by atoms with van der Waals surface area (Å²) in [7, 11) is 0. The highest BCUT2D eigenvalue weighted by atomic mass is 127. The molecule has 0 amide bonds. The number of hydrogen-bond acceptors (Lipinski definition) is 1. The van der Waals surface area contributed by atoms with Crippen LogP contribution >= 0.6 is 28.5 Å². The Balaban J connectivity index is 1.61. The summed E-state index contributed by atoms with van der Waals surface area (Å²) in [6.07, 6.45) is 14.8. The van der Waals surface area contributed by atoms with E-state index < -0.39 is 0 Å². The Kier molecular flexibility index (Phi) is 6.59. The van der Waals surface area contributed by atoms with Crippen molar-refractivity contribution in [3.63, 3.8) is 0 Å². The van der Waals surface area contributed by atoms with Crippen LogP contribution in [0.1, 0.15) is 91.9 Å². The smallest absolute Gasteiger partial charge is 0.0793 e. The zero-order valence-electron chi connectivity index (χ0n) is 18.1. The number of halogens is 1. The second kappa shape index (κ2) is 8.33. The van der Waals surface area contributed by atoms with E-state index in [1.807, 2.05) is 0 Å². The highest BCUT2D eigenvalue weighted by Crippen LogP contribution is 2.69. The first-order valence-corrected chi connectivity index (χ1v) is 16.0. The lowest BCUT2D eigenvalue weighted by molar-refractivity contribution is -0.142. The van der Waals surface area contributed by atoms with Gasteiger partial charge in [0.2, 0.25) is 0 Å². The molecule has 4 aliphatic rings. The molecule has 10 unspecified atom stereocenters. The lowest BCUT2D eigenvalue weighted by Crippen LogP contribution is -2.56. The Morgan fingerprint density at radius 2 is 1.89 bits per heavy atom. The van der Waals surface area contributed by atoms with Gasteiger partial charge in [-0.1, -0.05) is 40.5 Å². The predicted octanol–water partition coefficient (Wildman–Crippen LogP) is 8.27. The van der Waals surface area contributed by atoms with Gasteiger partial charge in [-0.05, 0) is 120 Å². The first-order valence-electron chi connectivity index (χ1n) is 11.9. The van der Waals surface area contributed by atoms with Gasteiger partial charge in [0.25, 0.3) is 0 Å². The third-order valence-corrected chi connectivity index (χ3v) is 11.6. The summed E-state index contributed by atoms with van der Waals surface area (Å²) in [6.45, 7) is 11.9. The van der Waals surface area contributed by atoms with Crippen molar-refractivity contribution in [2.24, 2.45) is 52.3 Å². The van der Waals surface area contributed by atoms with Crippen molar-refractivity contribution in [3.8, 4) is 0 Å². The van der Waals surface area contributed by atoms with Gasteiger partial charge in [-0.2, -0.15) is 0 Å². The van der Waals surface area contributed by atoms with E-state index in [1.54, 1.807) is 0 Å². The molecule has 0 aliphatic heterocycles. The molecule has 0 N–H and O–H groups in total. The van der Waals surface area contributed by atoms with Crippen molar-refractivity contribution in [1.82, 2.24) is 0 Å². The molecule has 0 radical (unpaired) electrons. The second-order valence-electron chi connectivity index (χ2n) is 11.2. The van der Waals surface area contributed by atoms with E-state index in [2.05, 4.69) is 49.7 Å². The predicted molar refractivity (Wildman–Crippen MR) is 126 cm³/mol. The third kappa shape index (κ3) is 3.48. The molecule has 0 spiro atoms. The van der Waals surface area contributed by atoms with Gasteiger partial charge in [0.1, 0.15) is 0 Å². The Morgan fingerprint density at radius 1 is 1.07 bits per heavy atom. The van der Waals surface area contributed by atoms with Crippen LogP contribution in [0.4, 0.5) is 0 Å². The SMILES string of the molecule is CCC(C)C1CCC2C3CCC4CC(C)CCC4(COPI)C3CCC12C. The highest BCUT2D eigenvalue weighted by molar-refractivity contribution is 14.2. The standard InChI is InChI=1S/C24H42IOP/c1-5-17(3)20-8-9-21-19-7-6-18-14-16(2)10-13-24(18,15-26-27-25)22(19)11-12-23(20,21)4/h16-22,27H,5-15H2,1-4H3. The maximum absolute atomic E-state index is 6.25. The Labute approximate surface area is 183 Å². The Morgan fingerprint density at radius 3 is 2.63 bits per heavy atom. The molecule has 0 bridgehead atoms. The van der Waals surface area contributed by atoms with Crippen LogP contribution in [0.25, 0.3) is 0 Å². The fraction of sp³-hybridized carbons (Fsp3) is 1.00. The summed E-state index contributed by atoms with van der Waals surface area (Å²) >= 11 is 2.44. The number of hydrogen-bond donors (Lipinski definition) is 0. The van der Waals surface area contributed by atoms with Crippen molar-refractivity contribution in [2.45, 2.75) is 91.9 Å². The topological polar surface area (TPSA) is 9.23 Å². The molecule has 156 valence electrons. The quantitative estimate of drug-likeness (QED) is 0.271.